The Morgan fingerprint density at radius 1 is 0.296 bits per heavy atom. The van der Waals surface area contributed by atoms with Crippen molar-refractivity contribution in [2.24, 2.45) is 0 Å². The maximum absolute atomic E-state index is 12.7. The van der Waals surface area contributed by atoms with Crippen molar-refractivity contribution in [1.29, 1.82) is 0 Å². The fourth-order valence-electron chi connectivity index (χ4n) is 7.21. The van der Waals surface area contributed by atoms with Gasteiger partial charge in [0, 0.05) is 19.3 Å². The number of hydrogen-bond donors (Lipinski definition) is 0. The normalized spacial score (nSPS) is 11.8. The van der Waals surface area contributed by atoms with Gasteiger partial charge in [-0.2, -0.15) is 0 Å². The highest BCUT2D eigenvalue weighted by Crippen LogP contribution is 2.16. The summed E-state index contributed by atoms with van der Waals surface area (Å²) in [6, 6.07) is 0. The quantitative estimate of drug-likeness (QED) is 0.0349. The zero-order chi connectivity index (χ0) is 39.4. The van der Waals surface area contributed by atoms with Gasteiger partial charge in [0.15, 0.2) is 6.10 Å². The summed E-state index contributed by atoms with van der Waals surface area (Å²) >= 11 is 0. The van der Waals surface area contributed by atoms with Crippen LogP contribution in [0.2, 0.25) is 0 Å². The zero-order valence-corrected chi connectivity index (χ0v) is 36.5. The first-order valence-corrected chi connectivity index (χ1v) is 24.0. The van der Waals surface area contributed by atoms with Crippen LogP contribution in [0.4, 0.5) is 0 Å². The van der Waals surface area contributed by atoms with Crippen LogP contribution in [0, 0.1) is 0 Å². The molecular formula is C48H92O6. The zero-order valence-electron chi connectivity index (χ0n) is 36.5. The molecule has 0 aromatic carbocycles. The van der Waals surface area contributed by atoms with Crippen LogP contribution in [0.1, 0.15) is 271 Å². The van der Waals surface area contributed by atoms with Gasteiger partial charge in [-0.25, -0.2) is 0 Å². The van der Waals surface area contributed by atoms with Crippen LogP contribution in [-0.2, 0) is 28.6 Å². The van der Waals surface area contributed by atoms with Crippen LogP contribution in [0.3, 0.4) is 0 Å². The van der Waals surface area contributed by atoms with Crippen molar-refractivity contribution in [3.8, 4) is 0 Å². The van der Waals surface area contributed by atoms with Gasteiger partial charge in [0.25, 0.3) is 0 Å². The molecule has 0 bridgehead atoms. The third-order valence-electron chi connectivity index (χ3n) is 10.9. The van der Waals surface area contributed by atoms with Crippen LogP contribution in [-0.4, -0.2) is 37.2 Å². The van der Waals surface area contributed by atoms with E-state index in [9.17, 15) is 14.4 Å². The number of rotatable bonds is 44. The molecule has 0 radical (unpaired) electrons. The van der Waals surface area contributed by atoms with Gasteiger partial charge in [0.05, 0.1) is 0 Å². The van der Waals surface area contributed by atoms with Crippen molar-refractivity contribution in [1.82, 2.24) is 0 Å². The molecule has 0 saturated carbocycles. The molecule has 0 aromatic heterocycles. The Hall–Kier alpha value is -1.59. The smallest absolute Gasteiger partial charge is 0.306 e. The van der Waals surface area contributed by atoms with E-state index in [0.717, 1.165) is 57.8 Å². The third-order valence-corrected chi connectivity index (χ3v) is 10.9. The molecule has 0 aliphatic rings. The summed E-state index contributed by atoms with van der Waals surface area (Å²) in [7, 11) is 0. The summed E-state index contributed by atoms with van der Waals surface area (Å²) in [5, 5.41) is 0. The second-order valence-corrected chi connectivity index (χ2v) is 16.4. The summed E-state index contributed by atoms with van der Waals surface area (Å²) in [6.45, 7) is 6.65. The first-order valence-electron chi connectivity index (χ1n) is 24.0. The molecule has 0 saturated heterocycles. The average molecular weight is 765 g/mol. The summed E-state index contributed by atoms with van der Waals surface area (Å²) in [6.07, 6.45) is 45.1. The fraction of sp³-hybridized carbons (Fsp3) is 0.938. The predicted octanol–water partition coefficient (Wildman–Crippen LogP) is 15.3. The van der Waals surface area contributed by atoms with Gasteiger partial charge >= 0.3 is 17.9 Å². The van der Waals surface area contributed by atoms with E-state index in [2.05, 4.69) is 20.8 Å². The lowest BCUT2D eigenvalue weighted by Crippen LogP contribution is -2.30. The molecule has 6 heteroatoms. The Kier molecular flexibility index (Phi) is 42.8. The first-order chi connectivity index (χ1) is 26.5. The maximum atomic E-state index is 12.7. The van der Waals surface area contributed by atoms with E-state index < -0.39 is 6.10 Å². The molecule has 0 heterocycles. The van der Waals surface area contributed by atoms with Gasteiger partial charge in [-0.15, -0.1) is 0 Å². The SMILES string of the molecule is CCCCCCCCCCCCCCCCC(=O)OC[C@H](COC(=O)CCCCCCCCCCCCCC)OC(=O)CCCCCCCCCCCC. The van der Waals surface area contributed by atoms with Crippen LogP contribution < -0.4 is 0 Å². The summed E-state index contributed by atoms with van der Waals surface area (Å²) in [5.41, 5.74) is 0. The standard InChI is InChI=1S/C48H92O6/c1-4-7-10-13-16-19-22-24-25-27-30-32-35-38-41-47(50)53-44-45(54-48(51)42-39-36-33-28-21-18-15-12-9-6-3)43-52-46(49)40-37-34-31-29-26-23-20-17-14-11-8-5-2/h45H,4-44H2,1-3H3/t45-/m0/s1. The molecule has 320 valence electrons. The van der Waals surface area contributed by atoms with Crippen molar-refractivity contribution in [3.05, 3.63) is 0 Å². The van der Waals surface area contributed by atoms with Gasteiger partial charge in [-0.05, 0) is 19.3 Å². The number of hydrogen-bond acceptors (Lipinski definition) is 6. The summed E-state index contributed by atoms with van der Waals surface area (Å²) in [5.74, 6) is -0.848. The van der Waals surface area contributed by atoms with E-state index in [4.69, 9.17) is 14.2 Å². The van der Waals surface area contributed by atoms with Gasteiger partial charge < -0.3 is 14.2 Å². The number of carbonyl (C=O) groups is 3. The van der Waals surface area contributed by atoms with Crippen molar-refractivity contribution in [3.63, 3.8) is 0 Å². The van der Waals surface area contributed by atoms with E-state index in [0.29, 0.717) is 19.3 Å². The van der Waals surface area contributed by atoms with Gasteiger partial charge in [-0.1, -0.05) is 233 Å². The molecule has 0 aliphatic carbocycles. The number of ether oxygens (including phenoxy) is 3. The van der Waals surface area contributed by atoms with Gasteiger partial charge in [-0.3, -0.25) is 14.4 Å². The Morgan fingerprint density at radius 3 is 0.741 bits per heavy atom. The van der Waals surface area contributed by atoms with Crippen LogP contribution >= 0.6 is 0 Å². The highest BCUT2D eigenvalue weighted by atomic mass is 16.6. The van der Waals surface area contributed by atoms with Gasteiger partial charge in [0.1, 0.15) is 13.2 Å². The number of unbranched alkanes of at least 4 members (excludes halogenated alkanes) is 33. The van der Waals surface area contributed by atoms with E-state index in [1.165, 1.54) is 173 Å². The Labute approximate surface area is 336 Å². The monoisotopic (exact) mass is 765 g/mol. The lowest BCUT2D eigenvalue weighted by atomic mass is 10.0. The molecule has 0 aliphatic heterocycles. The van der Waals surface area contributed by atoms with E-state index in [1.807, 2.05) is 0 Å². The molecule has 0 rings (SSSR count). The fourth-order valence-corrected chi connectivity index (χ4v) is 7.21. The molecule has 0 amide bonds. The van der Waals surface area contributed by atoms with Crippen molar-refractivity contribution < 1.29 is 28.6 Å². The highest BCUT2D eigenvalue weighted by molar-refractivity contribution is 5.71. The molecule has 0 spiro atoms. The molecule has 0 N–H and O–H groups in total. The minimum Gasteiger partial charge on any atom is -0.462 e. The molecule has 0 fully saturated rings. The highest BCUT2D eigenvalue weighted by Gasteiger charge is 2.19. The summed E-state index contributed by atoms with van der Waals surface area (Å²) in [4.78, 5) is 37.7. The first kappa shape index (κ1) is 52.4. The minimum atomic E-state index is -0.758. The van der Waals surface area contributed by atoms with Crippen LogP contribution in [0.25, 0.3) is 0 Å². The van der Waals surface area contributed by atoms with Crippen LogP contribution in [0.15, 0.2) is 0 Å². The largest absolute Gasteiger partial charge is 0.462 e. The molecule has 1 atom stereocenters. The summed E-state index contributed by atoms with van der Waals surface area (Å²) < 4.78 is 16.7. The lowest BCUT2D eigenvalue weighted by molar-refractivity contribution is -0.167. The van der Waals surface area contributed by atoms with Crippen molar-refractivity contribution in [2.75, 3.05) is 13.2 Å². The Morgan fingerprint density at radius 2 is 0.500 bits per heavy atom. The second kappa shape index (κ2) is 44.1. The van der Waals surface area contributed by atoms with Crippen molar-refractivity contribution in [2.45, 2.75) is 277 Å². The molecule has 0 aromatic rings. The topological polar surface area (TPSA) is 78.9 Å². The molecular weight excluding hydrogens is 673 g/mol. The van der Waals surface area contributed by atoms with Crippen LogP contribution in [0.5, 0.6) is 0 Å². The lowest BCUT2D eigenvalue weighted by Gasteiger charge is -2.18. The van der Waals surface area contributed by atoms with Gasteiger partial charge in [0.2, 0.25) is 0 Å². The Bertz CT molecular complexity index is 798. The van der Waals surface area contributed by atoms with E-state index >= 15 is 0 Å². The molecule has 54 heavy (non-hydrogen) atoms. The number of esters is 3. The number of carbonyl (C=O) groups excluding carboxylic acids is 3. The average Bonchev–Trinajstić information content (AvgIpc) is 3.17. The van der Waals surface area contributed by atoms with E-state index in [-0.39, 0.29) is 31.1 Å². The minimum absolute atomic E-state index is 0.0624. The second-order valence-electron chi connectivity index (χ2n) is 16.4. The Balaban J connectivity index is 4.29. The van der Waals surface area contributed by atoms with Crippen molar-refractivity contribution >= 4 is 17.9 Å². The molecule has 6 nitrogen and oxygen atoms in total. The maximum Gasteiger partial charge on any atom is 0.306 e. The van der Waals surface area contributed by atoms with E-state index in [1.54, 1.807) is 0 Å². The third kappa shape index (κ3) is 41.6. The predicted molar refractivity (Wildman–Crippen MR) is 229 cm³/mol. The molecule has 0 unspecified atom stereocenters.